The van der Waals surface area contributed by atoms with E-state index in [1.165, 1.54) is 9.87 Å². The van der Waals surface area contributed by atoms with Crippen LogP contribution in [0, 0.1) is 19.8 Å². The summed E-state index contributed by atoms with van der Waals surface area (Å²) in [5.41, 5.74) is 1.67. The lowest BCUT2D eigenvalue weighted by molar-refractivity contribution is -0.138. The molecule has 2 saturated heterocycles. The molecule has 0 atom stereocenters. The number of piperazine rings is 1. The van der Waals surface area contributed by atoms with Gasteiger partial charge in [-0.2, -0.15) is 4.31 Å². The standard InChI is InChI=1S/C22H30N4O4S/c1-17-21(18(2)30-23-17)31(28,29)26-10-8-20(9-11-26)22(27)25-14-12-24(13-15-25)16-19-6-4-3-5-7-19/h3-7,20H,8-16H2,1-2H3. The average molecular weight is 447 g/mol. The van der Waals surface area contributed by atoms with Crippen LogP contribution in [0.15, 0.2) is 39.8 Å². The van der Waals surface area contributed by atoms with Crippen molar-refractivity contribution in [1.29, 1.82) is 0 Å². The molecule has 0 unspecified atom stereocenters. The van der Waals surface area contributed by atoms with Crippen LogP contribution in [0.4, 0.5) is 0 Å². The number of aryl methyl sites for hydroxylation is 2. The lowest BCUT2D eigenvalue weighted by atomic mass is 9.96. The highest BCUT2D eigenvalue weighted by Gasteiger charge is 2.37. The maximum absolute atomic E-state index is 13.0. The van der Waals surface area contributed by atoms with Gasteiger partial charge in [-0.15, -0.1) is 0 Å². The van der Waals surface area contributed by atoms with Gasteiger partial charge in [0.2, 0.25) is 15.9 Å². The molecule has 9 heteroatoms. The van der Waals surface area contributed by atoms with E-state index in [2.05, 4.69) is 22.2 Å². The minimum Gasteiger partial charge on any atom is -0.360 e. The molecular weight excluding hydrogens is 416 g/mol. The van der Waals surface area contributed by atoms with Gasteiger partial charge in [0.05, 0.1) is 0 Å². The minimum absolute atomic E-state index is 0.114. The maximum atomic E-state index is 13.0. The van der Waals surface area contributed by atoms with Gasteiger partial charge in [-0.3, -0.25) is 9.69 Å². The van der Waals surface area contributed by atoms with Gasteiger partial charge >= 0.3 is 0 Å². The van der Waals surface area contributed by atoms with Crippen molar-refractivity contribution >= 4 is 15.9 Å². The summed E-state index contributed by atoms with van der Waals surface area (Å²) >= 11 is 0. The normalized spacial score (nSPS) is 19.6. The molecule has 2 aliphatic heterocycles. The lowest BCUT2D eigenvalue weighted by Crippen LogP contribution is -2.51. The van der Waals surface area contributed by atoms with Crippen molar-refractivity contribution in [3.8, 4) is 0 Å². The first kappa shape index (κ1) is 22.0. The SMILES string of the molecule is Cc1noc(C)c1S(=O)(=O)N1CCC(C(=O)N2CCN(Cc3ccccc3)CC2)CC1. The summed E-state index contributed by atoms with van der Waals surface area (Å²) in [6.45, 7) is 8.01. The van der Waals surface area contributed by atoms with Gasteiger partial charge in [-0.1, -0.05) is 35.5 Å². The van der Waals surface area contributed by atoms with E-state index in [0.717, 1.165) is 32.7 Å². The molecule has 3 heterocycles. The number of sulfonamides is 1. The number of nitrogens with zero attached hydrogens (tertiary/aromatic N) is 4. The van der Waals surface area contributed by atoms with E-state index in [4.69, 9.17) is 4.52 Å². The first-order valence-corrected chi connectivity index (χ1v) is 12.3. The third-order valence-electron chi connectivity index (χ3n) is 6.30. The molecule has 1 aromatic carbocycles. The molecule has 4 rings (SSSR count). The van der Waals surface area contributed by atoms with Crippen molar-refractivity contribution in [3.63, 3.8) is 0 Å². The average Bonchev–Trinajstić information content (AvgIpc) is 3.13. The van der Waals surface area contributed by atoms with Crippen molar-refractivity contribution < 1.29 is 17.7 Å². The molecule has 1 amide bonds. The van der Waals surface area contributed by atoms with Crippen molar-refractivity contribution in [2.24, 2.45) is 5.92 Å². The number of piperidine rings is 1. The molecule has 8 nitrogen and oxygen atoms in total. The minimum atomic E-state index is -3.65. The Morgan fingerprint density at radius 2 is 1.68 bits per heavy atom. The van der Waals surface area contributed by atoms with Crippen molar-refractivity contribution in [2.75, 3.05) is 39.3 Å². The Morgan fingerprint density at radius 1 is 1.03 bits per heavy atom. The smallest absolute Gasteiger partial charge is 0.248 e. The lowest BCUT2D eigenvalue weighted by Gasteiger charge is -2.38. The monoisotopic (exact) mass is 446 g/mol. The number of hydrogen-bond acceptors (Lipinski definition) is 6. The fourth-order valence-electron chi connectivity index (χ4n) is 4.54. The largest absolute Gasteiger partial charge is 0.360 e. The molecule has 0 N–H and O–H groups in total. The van der Waals surface area contributed by atoms with E-state index in [9.17, 15) is 13.2 Å². The summed E-state index contributed by atoms with van der Waals surface area (Å²) in [4.78, 5) is 17.5. The Kier molecular flexibility index (Phi) is 6.45. The Morgan fingerprint density at radius 3 is 2.26 bits per heavy atom. The number of aromatic nitrogens is 1. The fourth-order valence-corrected chi connectivity index (χ4v) is 6.30. The number of carbonyl (C=O) groups is 1. The second-order valence-corrected chi connectivity index (χ2v) is 10.3. The predicted molar refractivity (Wildman–Crippen MR) is 116 cm³/mol. The van der Waals surface area contributed by atoms with Crippen molar-refractivity contribution in [2.45, 2.75) is 38.1 Å². The molecule has 0 aliphatic carbocycles. The van der Waals surface area contributed by atoms with Gasteiger partial charge in [0, 0.05) is 51.7 Å². The van der Waals surface area contributed by atoms with Gasteiger partial charge in [-0.25, -0.2) is 8.42 Å². The zero-order chi connectivity index (χ0) is 22.0. The second-order valence-electron chi connectivity index (χ2n) is 8.42. The van der Waals surface area contributed by atoms with Gasteiger partial charge < -0.3 is 9.42 Å². The number of carbonyl (C=O) groups excluding carboxylic acids is 1. The van der Waals surface area contributed by atoms with Crippen LogP contribution >= 0.6 is 0 Å². The van der Waals surface area contributed by atoms with Crippen molar-refractivity contribution in [3.05, 3.63) is 47.3 Å². The zero-order valence-corrected chi connectivity index (χ0v) is 19.0. The number of hydrogen-bond donors (Lipinski definition) is 0. The van der Waals surface area contributed by atoms with Gasteiger partial charge in [0.1, 0.15) is 10.6 Å². The quantitative estimate of drug-likeness (QED) is 0.699. The van der Waals surface area contributed by atoms with Crippen LogP contribution in [0.3, 0.4) is 0 Å². The Labute approximate surface area is 183 Å². The van der Waals surface area contributed by atoms with Gasteiger partial charge in [0.25, 0.3) is 0 Å². The molecule has 2 aliphatic rings. The van der Waals surface area contributed by atoms with E-state index < -0.39 is 10.0 Å². The first-order chi connectivity index (χ1) is 14.9. The summed E-state index contributed by atoms with van der Waals surface area (Å²) in [7, 11) is -3.65. The van der Waals surface area contributed by atoms with Crippen LogP contribution in [-0.2, 0) is 21.4 Å². The Balaban J connectivity index is 1.29. The second kappa shape index (κ2) is 9.10. The summed E-state index contributed by atoms with van der Waals surface area (Å²) < 4.78 is 32.5. The molecule has 2 aromatic rings. The van der Waals surface area contributed by atoms with Gasteiger partial charge in [-0.05, 0) is 32.3 Å². The van der Waals surface area contributed by atoms with Crippen LogP contribution < -0.4 is 0 Å². The fraction of sp³-hybridized carbons (Fsp3) is 0.545. The number of benzene rings is 1. The third-order valence-corrected chi connectivity index (χ3v) is 8.45. The highest BCUT2D eigenvalue weighted by molar-refractivity contribution is 7.89. The summed E-state index contributed by atoms with van der Waals surface area (Å²) in [6.07, 6.45) is 1.09. The molecule has 0 spiro atoms. The molecule has 1 aromatic heterocycles. The van der Waals surface area contributed by atoms with E-state index in [1.54, 1.807) is 13.8 Å². The molecule has 2 fully saturated rings. The van der Waals surface area contributed by atoms with E-state index in [1.807, 2.05) is 23.1 Å². The van der Waals surface area contributed by atoms with Gasteiger partial charge in [0.15, 0.2) is 5.76 Å². The Bertz CT molecular complexity index is 986. The Hall–Kier alpha value is -2.23. The zero-order valence-electron chi connectivity index (χ0n) is 18.2. The number of amides is 1. The highest BCUT2D eigenvalue weighted by Crippen LogP contribution is 2.28. The molecule has 0 saturated carbocycles. The van der Waals surface area contributed by atoms with Crippen LogP contribution in [0.2, 0.25) is 0 Å². The summed E-state index contributed by atoms with van der Waals surface area (Å²) in [5, 5.41) is 3.77. The van der Waals surface area contributed by atoms with Crippen LogP contribution in [0.1, 0.15) is 29.9 Å². The topological polar surface area (TPSA) is 87.0 Å². The predicted octanol–water partition coefficient (Wildman–Crippen LogP) is 2.04. The van der Waals surface area contributed by atoms with E-state index >= 15 is 0 Å². The highest BCUT2D eigenvalue weighted by atomic mass is 32.2. The first-order valence-electron chi connectivity index (χ1n) is 10.8. The molecule has 31 heavy (non-hydrogen) atoms. The molecule has 168 valence electrons. The number of rotatable bonds is 5. The third kappa shape index (κ3) is 4.68. The summed E-state index contributed by atoms with van der Waals surface area (Å²) in [6, 6.07) is 10.4. The van der Waals surface area contributed by atoms with Crippen molar-refractivity contribution in [1.82, 2.24) is 19.3 Å². The molecule has 0 radical (unpaired) electrons. The van der Waals surface area contributed by atoms with E-state index in [0.29, 0.717) is 37.4 Å². The summed E-state index contributed by atoms with van der Waals surface area (Å²) in [5.74, 6) is 0.356. The maximum Gasteiger partial charge on any atom is 0.248 e. The van der Waals surface area contributed by atoms with Crippen LogP contribution in [0.5, 0.6) is 0 Å². The van der Waals surface area contributed by atoms with Crippen LogP contribution in [-0.4, -0.2) is 72.9 Å². The van der Waals surface area contributed by atoms with Crippen LogP contribution in [0.25, 0.3) is 0 Å². The van der Waals surface area contributed by atoms with E-state index in [-0.39, 0.29) is 16.7 Å². The molecular formula is C22H30N4O4S. The molecule has 0 bridgehead atoms.